The van der Waals surface area contributed by atoms with Crippen LogP contribution in [-0.2, 0) is 0 Å². The highest BCUT2D eigenvalue weighted by Crippen LogP contribution is 2.29. The molecule has 4 nitrogen and oxygen atoms in total. The summed E-state index contributed by atoms with van der Waals surface area (Å²) in [6, 6.07) is 20.0. The van der Waals surface area contributed by atoms with Crippen LogP contribution in [0.15, 0.2) is 72.0 Å². The standard InChI is InChI=1S/C22H19N3OS/c1-15-12-16(2)24-22(23-15)27-14-20(26)21-19(17-8-4-3-5-9-17)13-18-10-6-7-11-25(18)21/h3-13H,14H2,1-2H3. The van der Waals surface area contributed by atoms with Crippen LogP contribution in [0.5, 0.6) is 0 Å². The van der Waals surface area contributed by atoms with Gasteiger partial charge < -0.3 is 4.40 Å². The first kappa shape index (κ1) is 17.5. The van der Waals surface area contributed by atoms with Crippen molar-refractivity contribution in [2.75, 3.05) is 5.75 Å². The second kappa shape index (κ2) is 7.37. The minimum absolute atomic E-state index is 0.0628. The van der Waals surface area contributed by atoms with E-state index in [-0.39, 0.29) is 5.78 Å². The highest BCUT2D eigenvalue weighted by Gasteiger charge is 2.19. The van der Waals surface area contributed by atoms with Crippen molar-refractivity contribution < 1.29 is 4.79 Å². The number of thioether (sulfide) groups is 1. The minimum atomic E-state index is 0.0628. The quantitative estimate of drug-likeness (QED) is 0.281. The maximum Gasteiger partial charge on any atom is 0.190 e. The molecule has 0 unspecified atom stereocenters. The Morgan fingerprint density at radius 3 is 2.41 bits per heavy atom. The number of nitrogens with zero attached hydrogens (tertiary/aromatic N) is 3. The van der Waals surface area contributed by atoms with Crippen LogP contribution in [0.4, 0.5) is 0 Å². The fourth-order valence-electron chi connectivity index (χ4n) is 3.20. The lowest BCUT2D eigenvalue weighted by atomic mass is 10.0. The normalized spacial score (nSPS) is 11.0. The molecule has 3 heterocycles. The molecule has 0 atom stereocenters. The molecule has 0 fully saturated rings. The highest BCUT2D eigenvalue weighted by molar-refractivity contribution is 7.99. The molecule has 27 heavy (non-hydrogen) atoms. The number of aromatic nitrogens is 3. The summed E-state index contributed by atoms with van der Waals surface area (Å²) in [5, 5.41) is 0.642. The van der Waals surface area contributed by atoms with Crippen LogP contribution >= 0.6 is 11.8 Å². The molecule has 3 aromatic heterocycles. The Hall–Kier alpha value is -2.92. The molecule has 0 N–H and O–H groups in total. The summed E-state index contributed by atoms with van der Waals surface area (Å²) in [4.78, 5) is 22.0. The van der Waals surface area contributed by atoms with Crippen molar-refractivity contribution in [3.05, 3.63) is 83.9 Å². The zero-order chi connectivity index (χ0) is 18.8. The van der Waals surface area contributed by atoms with Gasteiger partial charge in [0.2, 0.25) is 0 Å². The van der Waals surface area contributed by atoms with Crippen LogP contribution in [0.1, 0.15) is 21.9 Å². The molecule has 0 saturated heterocycles. The van der Waals surface area contributed by atoms with E-state index in [0.29, 0.717) is 16.6 Å². The molecule has 0 aliphatic carbocycles. The average Bonchev–Trinajstić information content (AvgIpc) is 3.06. The molecule has 0 bridgehead atoms. The van der Waals surface area contributed by atoms with Crippen LogP contribution < -0.4 is 0 Å². The Morgan fingerprint density at radius 2 is 1.67 bits per heavy atom. The summed E-state index contributed by atoms with van der Waals surface area (Å²) in [6.45, 7) is 3.88. The monoisotopic (exact) mass is 373 g/mol. The number of pyridine rings is 1. The molecule has 0 amide bonds. The lowest BCUT2D eigenvalue weighted by Crippen LogP contribution is -2.08. The summed E-state index contributed by atoms with van der Waals surface area (Å²) in [5.74, 6) is 0.358. The van der Waals surface area contributed by atoms with Gasteiger partial charge in [0, 0.05) is 28.7 Å². The maximum atomic E-state index is 13.2. The van der Waals surface area contributed by atoms with E-state index in [1.807, 2.05) is 79.0 Å². The van der Waals surface area contributed by atoms with Gasteiger partial charge in [-0.25, -0.2) is 9.97 Å². The second-order valence-corrected chi connectivity index (χ2v) is 7.36. The van der Waals surface area contributed by atoms with E-state index in [0.717, 1.165) is 28.0 Å². The van der Waals surface area contributed by atoms with Crippen molar-refractivity contribution in [2.24, 2.45) is 0 Å². The fraction of sp³-hybridized carbons (Fsp3) is 0.136. The van der Waals surface area contributed by atoms with E-state index in [9.17, 15) is 4.79 Å². The van der Waals surface area contributed by atoms with Gasteiger partial charge in [0.15, 0.2) is 10.9 Å². The Labute approximate surface area is 162 Å². The molecule has 1 aromatic carbocycles. The van der Waals surface area contributed by atoms with Gasteiger partial charge in [0.05, 0.1) is 11.4 Å². The van der Waals surface area contributed by atoms with Crippen LogP contribution in [0.3, 0.4) is 0 Å². The molecule has 0 radical (unpaired) electrons. The number of rotatable bonds is 5. The van der Waals surface area contributed by atoms with Gasteiger partial charge >= 0.3 is 0 Å². The first-order chi connectivity index (χ1) is 13.1. The number of Topliss-reactive ketones (excluding diaryl/α,β-unsaturated/α-hetero) is 1. The Kier molecular flexibility index (Phi) is 4.77. The van der Waals surface area contributed by atoms with E-state index in [1.54, 1.807) is 0 Å². The smallest absolute Gasteiger partial charge is 0.190 e. The molecule has 0 aliphatic heterocycles. The lowest BCUT2D eigenvalue weighted by Gasteiger charge is -2.07. The zero-order valence-electron chi connectivity index (χ0n) is 15.2. The van der Waals surface area contributed by atoms with Gasteiger partial charge in [-0.05, 0) is 43.7 Å². The fourth-order valence-corrected chi connectivity index (χ4v) is 4.02. The van der Waals surface area contributed by atoms with Crippen molar-refractivity contribution in [3.63, 3.8) is 0 Å². The molecular formula is C22H19N3OS. The van der Waals surface area contributed by atoms with Crippen molar-refractivity contribution in [1.29, 1.82) is 0 Å². The van der Waals surface area contributed by atoms with Crippen LogP contribution in [-0.4, -0.2) is 25.9 Å². The second-order valence-electron chi connectivity index (χ2n) is 6.41. The minimum Gasteiger partial charge on any atom is -0.313 e. The van der Waals surface area contributed by atoms with Gasteiger partial charge in [-0.2, -0.15) is 0 Å². The Morgan fingerprint density at radius 1 is 0.963 bits per heavy atom. The van der Waals surface area contributed by atoms with Crippen LogP contribution in [0.2, 0.25) is 0 Å². The predicted octanol–water partition coefficient (Wildman–Crippen LogP) is 4.99. The third-order valence-corrected chi connectivity index (χ3v) is 5.17. The average molecular weight is 373 g/mol. The number of ketones is 1. The molecule has 4 aromatic rings. The van der Waals surface area contributed by atoms with Crippen LogP contribution in [0, 0.1) is 13.8 Å². The van der Waals surface area contributed by atoms with Gasteiger partial charge in [0.25, 0.3) is 0 Å². The summed E-state index contributed by atoms with van der Waals surface area (Å²) in [6.07, 6.45) is 1.94. The van der Waals surface area contributed by atoms with Crippen molar-refractivity contribution >= 4 is 23.1 Å². The molecule has 0 aliphatic rings. The van der Waals surface area contributed by atoms with Gasteiger partial charge in [-0.3, -0.25) is 4.79 Å². The van der Waals surface area contributed by atoms with E-state index in [1.165, 1.54) is 11.8 Å². The summed E-state index contributed by atoms with van der Waals surface area (Å²) in [5.41, 5.74) is 5.53. The van der Waals surface area contributed by atoms with Crippen LogP contribution in [0.25, 0.3) is 16.6 Å². The third-order valence-electron chi connectivity index (χ3n) is 4.32. The summed E-state index contributed by atoms with van der Waals surface area (Å²) < 4.78 is 1.97. The largest absolute Gasteiger partial charge is 0.313 e. The number of fused-ring (bicyclic) bond motifs is 1. The Balaban J connectivity index is 1.70. The predicted molar refractivity (Wildman–Crippen MR) is 109 cm³/mol. The first-order valence-corrected chi connectivity index (χ1v) is 9.74. The number of carbonyl (C=O) groups excluding carboxylic acids is 1. The van der Waals surface area contributed by atoms with E-state index >= 15 is 0 Å². The van der Waals surface area contributed by atoms with Crippen molar-refractivity contribution in [1.82, 2.24) is 14.4 Å². The molecule has 0 saturated carbocycles. The number of hydrogen-bond acceptors (Lipinski definition) is 4. The van der Waals surface area contributed by atoms with E-state index in [2.05, 4.69) is 16.0 Å². The summed E-state index contributed by atoms with van der Waals surface area (Å²) in [7, 11) is 0. The Bertz CT molecular complexity index is 1100. The van der Waals surface area contributed by atoms with Crippen molar-refractivity contribution in [2.45, 2.75) is 19.0 Å². The molecule has 4 rings (SSSR count). The third kappa shape index (κ3) is 3.64. The van der Waals surface area contributed by atoms with Gasteiger partial charge in [0.1, 0.15) is 0 Å². The number of benzene rings is 1. The number of carbonyl (C=O) groups is 1. The summed E-state index contributed by atoms with van der Waals surface area (Å²) >= 11 is 1.38. The molecule has 134 valence electrons. The molecule has 0 spiro atoms. The highest BCUT2D eigenvalue weighted by atomic mass is 32.2. The zero-order valence-corrected chi connectivity index (χ0v) is 16.0. The van der Waals surface area contributed by atoms with Crippen molar-refractivity contribution in [3.8, 4) is 11.1 Å². The van der Waals surface area contributed by atoms with E-state index in [4.69, 9.17) is 0 Å². The topological polar surface area (TPSA) is 47.3 Å². The maximum absolute atomic E-state index is 13.2. The molecular weight excluding hydrogens is 354 g/mol. The number of aryl methyl sites for hydroxylation is 2. The van der Waals surface area contributed by atoms with Gasteiger partial charge in [-0.15, -0.1) is 0 Å². The molecule has 5 heteroatoms. The first-order valence-electron chi connectivity index (χ1n) is 8.75. The van der Waals surface area contributed by atoms with E-state index < -0.39 is 0 Å². The van der Waals surface area contributed by atoms with Gasteiger partial charge in [-0.1, -0.05) is 48.2 Å². The lowest BCUT2D eigenvalue weighted by molar-refractivity contribution is 0.101. The number of hydrogen-bond donors (Lipinski definition) is 0. The SMILES string of the molecule is Cc1cc(C)nc(SCC(=O)c2c(-c3ccccc3)cc3ccccn23)n1.